The van der Waals surface area contributed by atoms with Crippen LogP contribution in [0, 0.1) is 6.92 Å². The van der Waals surface area contributed by atoms with E-state index in [1.807, 2.05) is 24.3 Å². The maximum Gasteiger partial charge on any atom is 0.250 e. The highest BCUT2D eigenvalue weighted by atomic mass is 32.2. The van der Waals surface area contributed by atoms with Gasteiger partial charge in [-0.2, -0.15) is 5.10 Å². The van der Waals surface area contributed by atoms with E-state index in [1.54, 1.807) is 18.0 Å². The van der Waals surface area contributed by atoms with Gasteiger partial charge in [0.15, 0.2) is 0 Å². The van der Waals surface area contributed by atoms with Crippen molar-refractivity contribution in [3.05, 3.63) is 70.8 Å². The summed E-state index contributed by atoms with van der Waals surface area (Å²) in [6.45, 7) is 6.42. The highest BCUT2D eigenvalue weighted by Gasteiger charge is 2.02. The van der Waals surface area contributed by atoms with Crippen LogP contribution in [0.1, 0.15) is 42.0 Å². The second-order valence-corrected chi connectivity index (χ2v) is 7.02. The molecule has 0 aliphatic carbocycles. The van der Waals surface area contributed by atoms with E-state index in [9.17, 15) is 4.79 Å². The molecule has 0 saturated heterocycles. The molecule has 1 amide bonds. The van der Waals surface area contributed by atoms with Crippen molar-refractivity contribution in [2.24, 2.45) is 5.10 Å². The maximum atomic E-state index is 11.8. The van der Waals surface area contributed by atoms with Crippen LogP contribution >= 0.6 is 11.8 Å². The molecule has 0 radical (unpaired) electrons. The summed E-state index contributed by atoms with van der Waals surface area (Å²) in [4.78, 5) is 11.8. The first-order chi connectivity index (χ1) is 11.6. The van der Waals surface area contributed by atoms with Crippen molar-refractivity contribution in [1.29, 1.82) is 0 Å². The highest BCUT2D eigenvalue weighted by molar-refractivity contribution is 7.99. The van der Waals surface area contributed by atoms with E-state index in [1.165, 1.54) is 16.7 Å². The topological polar surface area (TPSA) is 41.5 Å². The molecule has 0 aromatic heterocycles. The summed E-state index contributed by atoms with van der Waals surface area (Å²) in [6.07, 6.45) is 1.67. The predicted octanol–water partition coefficient (Wildman–Crippen LogP) is 4.50. The first-order valence-electron chi connectivity index (χ1n) is 8.10. The van der Waals surface area contributed by atoms with Gasteiger partial charge in [-0.25, -0.2) is 5.43 Å². The Morgan fingerprint density at radius 1 is 1.17 bits per heavy atom. The first kappa shape index (κ1) is 18.3. The number of hydrogen-bond acceptors (Lipinski definition) is 3. The average molecular weight is 340 g/mol. The van der Waals surface area contributed by atoms with E-state index in [0.29, 0.717) is 11.7 Å². The molecule has 126 valence electrons. The Morgan fingerprint density at radius 3 is 2.54 bits per heavy atom. The van der Waals surface area contributed by atoms with E-state index in [-0.39, 0.29) is 5.91 Å². The van der Waals surface area contributed by atoms with Gasteiger partial charge in [-0.3, -0.25) is 4.79 Å². The fraction of sp³-hybridized carbons (Fsp3) is 0.300. The number of nitrogens with one attached hydrogen (secondary N) is 1. The van der Waals surface area contributed by atoms with Gasteiger partial charge < -0.3 is 0 Å². The second-order valence-electron chi connectivity index (χ2n) is 6.03. The predicted molar refractivity (Wildman–Crippen MR) is 104 cm³/mol. The number of amides is 1. The molecule has 1 N–H and O–H groups in total. The van der Waals surface area contributed by atoms with Crippen LogP contribution in [0.3, 0.4) is 0 Å². The van der Waals surface area contributed by atoms with Gasteiger partial charge in [0.1, 0.15) is 0 Å². The quantitative estimate of drug-likeness (QED) is 0.595. The summed E-state index contributed by atoms with van der Waals surface area (Å²) >= 11 is 1.59. The zero-order valence-electron chi connectivity index (χ0n) is 14.5. The third-order valence-electron chi connectivity index (χ3n) is 3.76. The molecule has 24 heavy (non-hydrogen) atoms. The highest BCUT2D eigenvalue weighted by Crippen LogP contribution is 2.15. The smallest absolute Gasteiger partial charge is 0.250 e. The Balaban J connectivity index is 1.73. The zero-order chi connectivity index (χ0) is 17.4. The number of hydrazone groups is 1. The number of nitrogens with zero attached hydrogens (tertiary/aromatic N) is 1. The summed E-state index contributed by atoms with van der Waals surface area (Å²) in [5.74, 6) is 1.67. The van der Waals surface area contributed by atoms with Crippen LogP contribution in [0.25, 0.3) is 0 Å². The molecule has 0 spiro atoms. The lowest BCUT2D eigenvalue weighted by atomic mass is 10.0. The fourth-order valence-electron chi connectivity index (χ4n) is 2.20. The van der Waals surface area contributed by atoms with Crippen LogP contribution in [-0.2, 0) is 10.5 Å². The molecule has 0 unspecified atom stereocenters. The number of carbonyl (C=O) groups is 1. The van der Waals surface area contributed by atoms with Gasteiger partial charge in [0.05, 0.1) is 12.0 Å². The lowest BCUT2D eigenvalue weighted by Gasteiger charge is -2.05. The monoisotopic (exact) mass is 340 g/mol. The van der Waals surface area contributed by atoms with Crippen LogP contribution in [-0.4, -0.2) is 17.9 Å². The standard InChI is InChI=1S/C20H24N2OS/c1-15(2)18-10-8-17(9-11-18)12-21-22-20(23)14-24-13-19-7-5-4-6-16(19)3/h4-12,15H,13-14H2,1-3H3,(H,22,23). The van der Waals surface area contributed by atoms with Gasteiger partial charge in [-0.1, -0.05) is 62.4 Å². The Bertz CT molecular complexity index is 693. The van der Waals surface area contributed by atoms with Gasteiger partial charge in [-0.05, 0) is 35.1 Å². The Morgan fingerprint density at radius 2 is 1.88 bits per heavy atom. The van der Waals surface area contributed by atoms with Gasteiger partial charge in [-0.15, -0.1) is 11.8 Å². The Labute approximate surface area is 148 Å². The van der Waals surface area contributed by atoms with Gasteiger partial charge in [0.2, 0.25) is 5.91 Å². The van der Waals surface area contributed by atoms with Crippen molar-refractivity contribution in [2.45, 2.75) is 32.4 Å². The molecule has 0 heterocycles. The summed E-state index contributed by atoms with van der Waals surface area (Å²) in [7, 11) is 0. The van der Waals surface area contributed by atoms with E-state index in [0.717, 1.165) is 11.3 Å². The molecule has 2 aromatic rings. The van der Waals surface area contributed by atoms with Crippen molar-refractivity contribution in [2.75, 3.05) is 5.75 Å². The summed E-state index contributed by atoms with van der Waals surface area (Å²) in [5.41, 5.74) is 7.38. The minimum absolute atomic E-state index is 0.0800. The van der Waals surface area contributed by atoms with Crippen molar-refractivity contribution in [3.8, 4) is 0 Å². The third kappa shape index (κ3) is 5.85. The lowest BCUT2D eigenvalue weighted by Crippen LogP contribution is -2.19. The molecule has 0 atom stereocenters. The molecule has 0 aliphatic heterocycles. The molecule has 3 nitrogen and oxygen atoms in total. The number of thioether (sulfide) groups is 1. The van der Waals surface area contributed by atoms with E-state index >= 15 is 0 Å². The molecular weight excluding hydrogens is 316 g/mol. The van der Waals surface area contributed by atoms with Crippen LogP contribution in [0.5, 0.6) is 0 Å². The van der Waals surface area contributed by atoms with Gasteiger partial charge in [0, 0.05) is 5.75 Å². The molecule has 2 rings (SSSR count). The number of aryl methyl sites for hydroxylation is 1. The normalized spacial score (nSPS) is 11.2. The van der Waals surface area contributed by atoms with Crippen LogP contribution in [0.15, 0.2) is 53.6 Å². The molecule has 0 aliphatic rings. The minimum Gasteiger partial charge on any atom is -0.272 e. The number of carbonyl (C=O) groups excluding carboxylic acids is 1. The largest absolute Gasteiger partial charge is 0.272 e. The molecule has 4 heteroatoms. The fourth-order valence-corrected chi connectivity index (χ4v) is 3.10. The molecule has 0 bridgehead atoms. The Kier molecular flexibility index (Phi) is 7.07. The maximum absolute atomic E-state index is 11.8. The van der Waals surface area contributed by atoms with Crippen molar-refractivity contribution < 1.29 is 4.79 Å². The molecule has 0 saturated carbocycles. The van der Waals surface area contributed by atoms with Crippen LogP contribution in [0.2, 0.25) is 0 Å². The molecule has 2 aromatic carbocycles. The summed E-state index contributed by atoms with van der Waals surface area (Å²) < 4.78 is 0. The van der Waals surface area contributed by atoms with Crippen molar-refractivity contribution in [3.63, 3.8) is 0 Å². The second kappa shape index (κ2) is 9.28. The van der Waals surface area contributed by atoms with Crippen molar-refractivity contribution in [1.82, 2.24) is 5.43 Å². The number of hydrogen-bond donors (Lipinski definition) is 1. The van der Waals surface area contributed by atoms with Gasteiger partial charge >= 0.3 is 0 Å². The van der Waals surface area contributed by atoms with Crippen LogP contribution < -0.4 is 5.43 Å². The molecule has 0 fully saturated rings. The third-order valence-corrected chi connectivity index (χ3v) is 4.74. The SMILES string of the molecule is Cc1ccccc1CSCC(=O)NN=Cc1ccc(C(C)C)cc1. The van der Waals surface area contributed by atoms with E-state index in [4.69, 9.17) is 0 Å². The first-order valence-corrected chi connectivity index (χ1v) is 9.26. The van der Waals surface area contributed by atoms with Crippen molar-refractivity contribution >= 4 is 23.9 Å². The lowest BCUT2D eigenvalue weighted by molar-refractivity contribution is -0.118. The zero-order valence-corrected chi connectivity index (χ0v) is 15.3. The minimum atomic E-state index is -0.0800. The van der Waals surface area contributed by atoms with E-state index in [2.05, 4.69) is 55.6 Å². The average Bonchev–Trinajstić information content (AvgIpc) is 2.57. The number of rotatable bonds is 7. The van der Waals surface area contributed by atoms with E-state index < -0.39 is 0 Å². The summed E-state index contributed by atoms with van der Waals surface area (Å²) in [6, 6.07) is 16.4. The van der Waals surface area contributed by atoms with Crippen LogP contribution in [0.4, 0.5) is 0 Å². The number of benzene rings is 2. The Hall–Kier alpha value is -2.07. The summed E-state index contributed by atoms with van der Waals surface area (Å²) in [5, 5.41) is 4.02. The molecular formula is C20H24N2OS. The van der Waals surface area contributed by atoms with Gasteiger partial charge in [0.25, 0.3) is 0 Å².